The van der Waals surface area contributed by atoms with Gasteiger partial charge in [-0.05, 0) is 32.4 Å². The van der Waals surface area contributed by atoms with Crippen LogP contribution in [0.3, 0.4) is 0 Å². The Kier molecular flexibility index (Phi) is 7.02. The molecule has 0 bridgehead atoms. The zero-order valence-corrected chi connectivity index (χ0v) is 13.7. The SMILES string of the molecule is CC(C)(C)OC(=O)N[C@H](C(=O)O)c1ccccc1Br.Cl. The van der Waals surface area contributed by atoms with Crippen molar-refractivity contribution >= 4 is 40.4 Å². The van der Waals surface area contributed by atoms with Crippen LogP contribution >= 0.6 is 28.3 Å². The minimum absolute atomic E-state index is 0. The van der Waals surface area contributed by atoms with E-state index in [0.29, 0.717) is 10.0 Å². The van der Waals surface area contributed by atoms with Crippen LogP contribution in [0.5, 0.6) is 0 Å². The molecule has 0 aliphatic heterocycles. The second-order valence-corrected chi connectivity index (χ2v) is 5.79. The molecule has 5 nitrogen and oxygen atoms in total. The lowest BCUT2D eigenvalue weighted by Crippen LogP contribution is -2.38. The third kappa shape index (κ3) is 5.79. The highest BCUT2D eigenvalue weighted by atomic mass is 79.9. The van der Waals surface area contributed by atoms with Crippen molar-refractivity contribution in [3.8, 4) is 0 Å². The zero-order chi connectivity index (χ0) is 14.6. The van der Waals surface area contributed by atoms with E-state index < -0.39 is 23.7 Å². The molecule has 0 saturated carbocycles. The molecule has 7 heteroatoms. The first kappa shape index (κ1) is 18.7. The van der Waals surface area contributed by atoms with Crippen molar-refractivity contribution in [3.63, 3.8) is 0 Å². The molecule has 112 valence electrons. The van der Waals surface area contributed by atoms with Gasteiger partial charge in [0.15, 0.2) is 6.04 Å². The van der Waals surface area contributed by atoms with Crippen LogP contribution < -0.4 is 5.32 Å². The summed E-state index contributed by atoms with van der Waals surface area (Å²) in [6.07, 6.45) is -0.768. The number of carboxylic acids is 1. The number of halogens is 2. The molecule has 0 aliphatic rings. The summed E-state index contributed by atoms with van der Waals surface area (Å²) in [4.78, 5) is 22.9. The average Bonchev–Trinajstić information content (AvgIpc) is 2.24. The van der Waals surface area contributed by atoms with Gasteiger partial charge >= 0.3 is 12.1 Å². The number of ether oxygens (including phenoxy) is 1. The van der Waals surface area contributed by atoms with Crippen molar-refractivity contribution in [2.75, 3.05) is 0 Å². The number of carboxylic acid groups (broad SMARTS) is 1. The van der Waals surface area contributed by atoms with Crippen molar-refractivity contribution in [1.82, 2.24) is 5.32 Å². The van der Waals surface area contributed by atoms with Crippen LogP contribution in [0, 0.1) is 0 Å². The minimum atomic E-state index is -1.16. The molecule has 1 aromatic carbocycles. The highest BCUT2D eigenvalue weighted by molar-refractivity contribution is 9.10. The van der Waals surface area contributed by atoms with E-state index in [9.17, 15) is 14.7 Å². The third-order valence-electron chi connectivity index (χ3n) is 2.12. The Balaban J connectivity index is 0.00000361. The van der Waals surface area contributed by atoms with E-state index in [1.165, 1.54) is 0 Å². The number of rotatable bonds is 3. The Morgan fingerprint density at radius 2 is 1.85 bits per heavy atom. The summed E-state index contributed by atoms with van der Waals surface area (Å²) in [6.45, 7) is 5.13. The maximum Gasteiger partial charge on any atom is 0.408 e. The van der Waals surface area contributed by atoms with Gasteiger partial charge in [-0.3, -0.25) is 0 Å². The highest BCUT2D eigenvalue weighted by Gasteiger charge is 2.26. The van der Waals surface area contributed by atoms with Gasteiger partial charge in [-0.1, -0.05) is 34.1 Å². The van der Waals surface area contributed by atoms with Crippen molar-refractivity contribution < 1.29 is 19.4 Å². The van der Waals surface area contributed by atoms with Crippen LogP contribution in [0.25, 0.3) is 0 Å². The van der Waals surface area contributed by atoms with E-state index in [1.807, 2.05) is 0 Å². The summed E-state index contributed by atoms with van der Waals surface area (Å²) in [5, 5.41) is 11.5. The van der Waals surface area contributed by atoms with Gasteiger partial charge in [-0.25, -0.2) is 9.59 Å². The molecule has 0 spiro atoms. The monoisotopic (exact) mass is 365 g/mol. The molecule has 0 radical (unpaired) electrons. The summed E-state index contributed by atoms with van der Waals surface area (Å²) in [6, 6.07) is 5.64. The molecule has 1 amide bonds. The minimum Gasteiger partial charge on any atom is -0.479 e. The standard InChI is InChI=1S/C13H16BrNO4.ClH/c1-13(2,3)19-12(18)15-10(11(16)17)8-6-4-5-7-9(8)14;/h4-7,10H,1-3H3,(H,15,18)(H,16,17);1H/t10-;/m0./s1. The van der Waals surface area contributed by atoms with E-state index in [2.05, 4.69) is 21.2 Å². The summed E-state index contributed by atoms with van der Waals surface area (Å²) in [5.74, 6) is -1.15. The Hall–Kier alpha value is -1.27. The number of aliphatic carboxylic acids is 1. The maximum absolute atomic E-state index is 11.6. The van der Waals surface area contributed by atoms with E-state index >= 15 is 0 Å². The molecule has 0 aromatic heterocycles. The molecule has 1 aromatic rings. The van der Waals surface area contributed by atoms with Gasteiger partial charge in [0.25, 0.3) is 0 Å². The fourth-order valence-corrected chi connectivity index (χ4v) is 1.92. The molecule has 20 heavy (non-hydrogen) atoms. The summed E-state index contributed by atoms with van der Waals surface area (Å²) in [7, 11) is 0. The molecule has 1 rings (SSSR count). The van der Waals surface area contributed by atoms with Crippen LogP contribution in [0.2, 0.25) is 0 Å². The van der Waals surface area contributed by atoms with Crippen LogP contribution in [0.1, 0.15) is 32.4 Å². The Labute approximate surface area is 132 Å². The Morgan fingerprint density at radius 1 is 1.30 bits per heavy atom. The van der Waals surface area contributed by atoms with Crippen LogP contribution in [0.4, 0.5) is 4.79 Å². The number of amides is 1. The molecule has 0 saturated heterocycles. The van der Waals surface area contributed by atoms with Gasteiger partial charge in [0.1, 0.15) is 5.60 Å². The highest BCUT2D eigenvalue weighted by Crippen LogP contribution is 2.23. The van der Waals surface area contributed by atoms with E-state index in [-0.39, 0.29) is 12.4 Å². The number of alkyl carbamates (subject to hydrolysis) is 1. The normalized spacial score (nSPS) is 12.0. The zero-order valence-electron chi connectivity index (χ0n) is 11.3. The second kappa shape index (κ2) is 7.50. The Morgan fingerprint density at radius 3 is 2.30 bits per heavy atom. The van der Waals surface area contributed by atoms with Gasteiger partial charge < -0.3 is 15.2 Å². The lowest BCUT2D eigenvalue weighted by molar-refractivity contribution is -0.139. The molecule has 0 heterocycles. The summed E-state index contributed by atoms with van der Waals surface area (Å²) in [5.41, 5.74) is -0.220. The number of hydrogen-bond donors (Lipinski definition) is 2. The fraction of sp³-hybridized carbons (Fsp3) is 0.385. The number of hydrogen-bond acceptors (Lipinski definition) is 3. The van der Waals surface area contributed by atoms with Crippen LogP contribution in [-0.2, 0) is 9.53 Å². The molecule has 0 aliphatic carbocycles. The molecule has 1 atom stereocenters. The van der Waals surface area contributed by atoms with E-state index in [0.717, 1.165) is 0 Å². The quantitative estimate of drug-likeness (QED) is 0.858. The molecule has 0 unspecified atom stereocenters. The van der Waals surface area contributed by atoms with Gasteiger partial charge in [0, 0.05) is 4.47 Å². The van der Waals surface area contributed by atoms with E-state index in [4.69, 9.17) is 4.74 Å². The molecular weight excluding hydrogens is 350 g/mol. The first-order valence-electron chi connectivity index (χ1n) is 5.67. The van der Waals surface area contributed by atoms with Crippen molar-refractivity contribution in [3.05, 3.63) is 34.3 Å². The second-order valence-electron chi connectivity index (χ2n) is 4.94. The lowest BCUT2D eigenvalue weighted by atomic mass is 10.1. The predicted octanol–water partition coefficient (Wildman–Crippen LogP) is 3.52. The largest absolute Gasteiger partial charge is 0.479 e. The predicted molar refractivity (Wildman–Crippen MR) is 81.1 cm³/mol. The number of carbonyl (C=O) groups is 2. The van der Waals surface area contributed by atoms with Gasteiger partial charge in [-0.15, -0.1) is 12.4 Å². The smallest absolute Gasteiger partial charge is 0.408 e. The molecule has 2 N–H and O–H groups in total. The maximum atomic E-state index is 11.6. The van der Waals surface area contributed by atoms with Crippen molar-refractivity contribution in [1.29, 1.82) is 0 Å². The number of benzene rings is 1. The van der Waals surface area contributed by atoms with Crippen LogP contribution in [0.15, 0.2) is 28.7 Å². The van der Waals surface area contributed by atoms with Gasteiger partial charge in [0.2, 0.25) is 0 Å². The van der Waals surface area contributed by atoms with Gasteiger partial charge in [0.05, 0.1) is 0 Å². The first-order chi connectivity index (χ1) is 8.70. The van der Waals surface area contributed by atoms with Crippen molar-refractivity contribution in [2.24, 2.45) is 0 Å². The molecular formula is C13H17BrClNO4. The number of carbonyl (C=O) groups excluding carboxylic acids is 1. The van der Waals surface area contributed by atoms with Crippen molar-refractivity contribution in [2.45, 2.75) is 32.4 Å². The first-order valence-corrected chi connectivity index (χ1v) is 6.47. The van der Waals surface area contributed by atoms with Gasteiger partial charge in [-0.2, -0.15) is 0 Å². The summed E-state index contributed by atoms with van der Waals surface area (Å²) < 4.78 is 5.66. The topological polar surface area (TPSA) is 75.6 Å². The van der Waals surface area contributed by atoms with E-state index in [1.54, 1.807) is 45.0 Å². The number of nitrogens with one attached hydrogen (secondary N) is 1. The lowest BCUT2D eigenvalue weighted by Gasteiger charge is -2.22. The fourth-order valence-electron chi connectivity index (χ4n) is 1.41. The molecule has 0 fully saturated rings. The Bertz CT molecular complexity index is 488. The van der Waals surface area contributed by atoms with Crippen LogP contribution in [-0.4, -0.2) is 22.8 Å². The average molecular weight is 367 g/mol. The summed E-state index contributed by atoms with van der Waals surface area (Å²) >= 11 is 3.26. The third-order valence-corrected chi connectivity index (χ3v) is 2.85.